The molecule has 0 fully saturated rings. The maximum absolute atomic E-state index is 13.5. The lowest BCUT2D eigenvalue weighted by atomic mass is 10.1. The number of anilines is 1. The van der Waals surface area contributed by atoms with Gasteiger partial charge in [0.1, 0.15) is 17.0 Å². The number of carboxylic acid groups (broad SMARTS) is 1. The predicted molar refractivity (Wildman–Crippen MR) is 98.9 cm³/mol. The Balaban J connectivity index is 0.000000298. The SMILES string of the molecule is Cn1cnc2c(N)nc3[nH]c(-c4cccc(F)c4)c(Cl)c3c21.O=C(O)C(F)(F)F. The van der Waals surface area contributed by atoms with Crippen LogP contribution in [0.15, 0.2) is 30.6 Å². The highest BCUT2D eigenvalue weighted by molar-refractivity contribution is 6.40. The minimum absolute atomic E-state index is 0.326. The van der Waals surface area contributed by atoms with Gasteiger partial charge in [0.2, 0.25) is 0 Å². The second-order valence-corrected chi connectivity index (χ2v) is 6.28. The van der Waals surface area contributed by atoms with Gasteiger partial charge in [-0.2, -0.15) is 13.2 Å². The Hall–Kier alpha value is -3.34. The molecule has 0 unspecified atom stereocenters. The molecule has 0 saturated heterocycles. The maximum Gasteiger partial charge on any atom is 0.490 e. The van der Waals surface area contributed by atoms with Gasteiger partial charge in [0.15, 0.2) is 5.82 Å². The third-order valence-corrected chi connectivity index (χ3v) is 4.30. The number of fused-ring (bicyclic) bond motifs is 3. The summed E-state index contributed by atoms with van der Waals surface area (Å²) in [5.41, 5.74) is 9.16. The van der Waals surface area contributed by atoms with Gasteiger partial charge in [-0.3, -0.25) is 0 Å². The van der Waals surface area contributed by atoms with Crippen LogP contribution in [0, 0.1) is 5.82 Å². The second kappa shape index (κ2) is 7.24. The van der Waals surface area contributed by atoms with Gasteiger partial charge < -0.3 is 20.4 Å². The molecule has 4 rings (SSSR count). The van der Waals surface area contributed by atoms with E-state index in [0.29, 0.717) is 33.3 Å². The highest BCUT2D eigenvalue weighted by Crippen LogP contribution is 2.38. The Morgan fingerprint density at radius 1 is 1.34 bits per heavy atom. The quantitative estimate of drug-likeness (QED) is 0.394. The number of aromatic amines is 1. The van der Waals surface area contributed by atoms with Crippen LogP contribution in [0.5, 0.6) is 0 Å². The summed E-state index contributed by atoms with van der Waals surface area (Å²) in [7, 11) is 1.86. The molecule has 0 saturated carbocycles. The summed E-state index contributed by atoms with van der Waals surface area (Å²) in [6.07, 6.45) is -3.42. The molecule has 12 heteroatoms. The molecule has 152 valence electrons. The molecule has 3 aromatic heterocycles. The van der Waals surface area contributed by atoms with Crippen molar-refractivity contribution in [3.63, 3.8) is 0 Å². The standard InChI is InChI=1S/C15H11ClFN5.C2HF3O2/c1-22-6-19-12-13(22)9-10(16)11(20-15(9)21-14(12)18)7-3-2-4-8(17)5-7;3-2(4,5)1(6)7/h2-6H,1H3,(H3,18,20,21);(H,6,7). The number of rotatable bonds is 1. The fourth-order valence-electron chi connectivity index (χ4n) is 2.69. The number of aromatic nitrogens is 4. The number of halogens is 5. The van der Waals surface area contributed by atoms with E-state index in [1.54, 1.807) is 18.5 Å². The van der Waals surface area contributed by atoms with E-state index in [1.165, 1.54) is 12.1 Å². The second-order valence-electron chi connectivity index (χ2n) is 5.90. The number of aliphatic carboxylic acids is 1. The first kappa shape index (κ1) is 20.4. The summed E-state index contributed by atoms with van der Waals surface area (Å²) in [4.78, 5) is 20.6. The van der Waals surface area contributed by atoms with E-state index in [-0.39, 0.29) is 5.82 Å². The summed E-state index contributed by atoms with van der Waals surface area (Å²) in [5, 5.41) is 8.33. The number of benzene rings is 1. The van der Waals surface area contributed by atoms with Gasteiger partial charge in [-0.05, 0) is 12.1 Å². The Bertz CT molecular complexity index is 1230. The van der Waals surface area contributed by atoms with Crippen molar-refractivity contribution in [3.05, 3.63) is 41.4 Å². The van der Waals surface area contributed by atoms with E-state index in [4.69, 9.17) is 27.2 Å². The molecule has 0 radical (unpaired) electrons. The molecule has 0 bridgehead atoms. The summed E-state index contributed by atoms with van der Waals surface area (Å²) < 4.78 is 47.0. The monoisotopic (exact) mass is 429 g/mol. The zero-order valence-corrected chi connectivity index (χ0v) is 15.3. The number of imidazole rings is 1. The van der Waals surface area contributed by atoms with Crippen molar-refractivity contribution in [3.8, 4) is 11.3 Å². The number of alkyl halides is 3. The van der Waals surface area contributed by atoms with Gasteiger partial charge in [0.05, 0.1) is 27.9 Å². The minimum Gasteiger partial charge on any atom is -0.475 e. The van der Waals surface area contributed by atoms with Crippen LogP contribution in [0.4, 0.5) is 23.4 Å². The number of H-pyrrole nitrogens is 1. The maximum atomic E-state index is 13.5. The van der Waals surface area contributed by atoms with E-state index in [9.17, 15) is 17.6 Å². The van der Waals surface area contributed by atoms with Gasteiger partial charge in [-0.1, -0.05) is 23.7 Å². The fraction of sp³-hybridized carbons (Fsp3) is 0.118. The zero-order chi connectivity index (χ0) is 21.5. The Morgan fingerprint density at radius 3 is 2.59 bits per heavy atom. The molecule has 0 spiro atoms. The van der Waals surface area contributed by atoms with Crippen molar-refractivity contribution in [1.29, 1.82) is 0 Å². The normalized spacial score (nSPS) is 11.5. The molecule has 7 nitrogen and oxygen atoms in total. The topological polar surface area (TPSA) is 110 Å². The van der Waals surface area contributed by atoms with Crippen molar-refractivity contribution in [2.24, 2.45) is 7.05 Å². The Kier molecular flexibility index (Phi) is 5.09. The number of nitrogens with one attached hydrogen (secondary N) is 1. The number of carboxylic acids is 1. The third-order valence-electron chi connectivity index (χ3n) is 3.92. The Labute approximate surface area is 164 Å². The minimum atomic E-state index is -5.08. The van der Waals surface area contributed by atoms with E-state index < -0.39 is 12.1 Å². The van der Waals surface area contributed by atoms with E-state index in [0.717, 1.165) is 10.9 Å². The van der Waals surface area contributed by atoms with E-state index in [1.807, 2.05) is 11.6 Å². The molecular formula is C17H12ClF4N5O2. The van der Waals surface area contributed by atoms with Crippen molar-refractivity contribution >= 4 is 45.5 Å². The van der Waals surface area contributed by atoms with Crippen molar-refractivity contribution in [2.45, 2.75) is 6.18 Å². The van der Waals surface area contributed by atoms with Crippen LogP contribution in [0.3, 0.4) is 0 Å². The lowest BCUT2D eigenvalue weighted by Crippen LogP contribution is -2.21. The molecule has 3 heterocycles. The van der Waals surface area contributed by atoms with Gasteiger partial charge in [0, 0.05) is 12.6 Å². The number of carbonyl (C=O) groups is 1. The number of hydrogen-bond donors (Lipinski definition) is 3. The van der Waals surface area contributed by atoms with E-state index in [2.05, 4.69) is 15.0 Å². The molecule has 0 aliphatic heterocycles. The first-order valence-electron chi connectivity index (χ1n) is 7.84. The molecule has 4 N–H and O–H groups in total. The van der Waals surface area contributed by atoms with Gasteiger partial charge >= 0.3 is 12.1 Å². The smallest absolute Gasteiger partial charge is 0.475 e. The molecule has 0 atom stereocenters. The largest absolute Gasteiger partial charge is 0.490 e. The van der Waals surface area contributed by atoms with Crippen LogP contribution >= 0.6 is 11.6 Å². The van der Waals surface area contributed by atoms with Crippen LogP contribution in [-0.2, 0) is 11.8 Å². The van der Waals surface area contributed by atoms with Crippen LogP contribution < -0.4 is 5.73 Å². The first-order chi connectivity index (χ1) is 13.5. The van der Waals surface area contributed by atoms with Crippen molar-refractivity contribution in [1.82, 2.24) is 19.5 Å². The summed E-state index contributed by atoms with van der Waals surface area (Å²) >= 11 is 6.53. The van der Waals surface area contributed by atoms with Gasteiger partial charge in [-0.25, -0.2) is 19.2 Å². The van der Waals surface area contributed by atoms with Crippen LogP contribution in [0.1, 0.15) is 0 Å². The van der Waals surface area contributed by atoms with Crippen LogP contribution in [0.2, 0.25) is 5.02 Å². The molecule has 4 aromatic rings. The molecule has 0 aliphatic carbocycles. The van der Waals surface area contributed by atoms with Crippen molar-refractivity contribution in [2.75, 3.05) is 5.73 Å². The summed E-state index contributed by atoms with van der Waals surface area (Å²) in [5.74, 6) is -2.76. The number of nitrogens with two attached hydrogens (primary N) is 1. The van der Waals surface area contributed by atoms with Crippen LogP contribution in [0.25, 0.3) is 33.3 Å². The number of nitrogens with zero attached hydrogens (tertiary/aromatic N) is 3. The number of aryl methyl sites for hydroxylation is 1. The van der Waals surface area contributed by atoms with Gasteiger partial charge in [0.25, 0.3) is 0 Å². The van der Waals surface area contributed by atoms with E-state index >= 15 is 0 Å². The number of hydrogen-bond acceptors (Lipinski definition) is 4. The van der Waals surface area contributed by atoms with Gasteiger partial charge in [-0.15, -0.1) is 0 Å². The van der Waals surface area contributed by atoms with Crippen molar-refractivity contribution < 1.29 is 27.5 Å². The lowest BCUT2D eigenvalue weighted by Gasteiger charge is -2.00. The first-order valence-corrected chi connectivity index (χ1v) is 8.22. The average Bonchev–Trinajstić information content (AvgIpc) is 3.16. The highest BCUT2D eigenvalue weighted by atomic mass is 35.5. The molecule has 29 heavy (non-hydrogen) atoms. The summed E-state index contributed by atoms with van der Waals surface area (Å²) in [6.45, 7) is 0. The predicted octanol–water partition coefficient (Wildman–Crippen LogP) is 4.12. The molecule has 0 aliphatic rings. The lowest BCUT2D eigenvalue weighted by molar-refractivity contribution is -0.192. The third kappa shape index (κ3) is 3.81. The zero-order valence-electron chi connectivity index (χ0n) is 14.6. The Morgan fingerprint density at radius 2 is 2.00 bits per heavy atom. The fourth-order valence-corrected chi connectivity index (χ4v) is 3.03. The average molecular weight is 430 g/mol. The summed E-state index contributed by atoms with van der Waals surface area (Å²) in [6, 6.07) is 6.22. The molecule has 0 amide bonds. The molecular weight excluding hydrogens is 418 g/mol. The number of nitrogen functional groups attached to an aromatic ring is 1. The number of pyridine rings is 1. The van der Waals surface area contributed by atoms with Crippen LogP contribution in [-0.4, -0.2) is 36.8 Å². The molecule has 1 aromatic carbocycles. The highest BCUT2D eigenvalue weighted by Gasteiger charge is 2.38.